The molecule has 114 valence electrons. The number of urea groups is 1. The molecule has 3 unspecified atom stereocenters. The molecule has 0 saturated carbocycles. The Labute approximate surface area is 118 Å². The average Bonchev–Trinajstić information content (AvgIpc) is 2.95. The Bertz CT molecular complexity index is 376. The van der Waals surface area contributed by atoms with Crippen molar-refractivity contribution in [2.24, 2.45) is 5.92 Å². The Morgan fingerprint density at radius 2 is 2.10 bits per heavy atom. The van der Waals surface area contributed by atoms with Gasteiger partial charge in [-0.1, -0.05) is 0 Å². The van der Waals surface area contributed by atoms with Gasteiger partial charge in [0.05, 0.1) is 31.9 Å². The van der Waals surface area contributed by atoms with E-state index in [0.29, 0.717) is 6.54 Å². The second-order valence-electron chi connectivity index (χ2n) is 5.47. The number of carbonyl (C=O) groups is 2. The maximum atomic E-state index is 12.5. The van der Waals surface area contributed by atoms with E-state index in [0.717, 1.165) is 19.3 Å². The summed E-state index contributed by atoms with van der Waals surface area (Å²) in [5.41, 5.74) is 0. The van der Waals surface area contributed by atoms with Gasteiger partial charge in [0.1, 0.15) is 5.92 Å². The second kappa shape index (κ2) is 6.41. The predicted octanol–water partition coefficient (Wildman–Crippen LogP) is -0.0154. The van der Waals surface area contributed by atoms with Crippen LogP contribution in [0.2, 0.25) is 0 Å². The van der Waals surface area contributed by atoms with E-state index >= 15 is 0 Å². The number of carboxylic acid groups (broad SMARTS) is 1. The van der Waals surface area contributed by atoms with E-state index in [1.54, 1.807) is 11.9 Å². The molecule has 20 heavy (non-hydrogen) atoms. The number of likely N-dealkylation sites (N-methyl/N-ethyl adjacent to an activating group) is 1. The summed E-state index contributed by atoms with van der Waals surface area (Å²) in [6, 6.07) is -0.823. The van der Waals surface area contributed by atoms with Crippen molar-refractivity contribution in [3.63, 3.8) is 0 Å². The van der Waals surface area contributed by atoms with Crippen LogP contribution in [0.5, 0.6) is 0 Å². The van der Waals surface area contributed by atoms with E-state index in [-0.39, 0.29) is 31.9 Å². The summed E-state index contributed by atoms with van der Waals surface area (Å²) in [7, 11) is 1.61. The second-order valence-corrected chi connectivity index (χ2v) is 5.47. The number of likely N-dealkylation sites (tertiary alicyclic amines) is 1. The van der Waals surface area contributed by atoms with Crippen molar-refractivity contribution in [1.29, 1.82) is 0 Å². The molecule has 2 aliphatic rings. The summed E-state index contributed by atoms with van der Waals surface area (Å²) in [6.07, 6.45) is 2.71. The quantitative estimate of drug-likeness (QED) is 0.761. The van der Waals surface area contributed by atoms with E-state index in [4.69, 9.17) is 9.84 Å². The molecule has 2 heterocycles. The fraction of sp³-hybridized carbons (Fsp3) is 0.846. The molecule has 7 heteroatoms. The normalized spacial score (nSPS) is 30.3. The van der Waals surface area contributed by atoms with Crippen LogP contribution in [-0.2, 0) is 9.53 Å². The van der Waals surface area contributed by atoms with Gasteiger partial charge in [-0.25, -0.2) is 4.79 Å². The zero-order chi connectivity index (χ0) is 14.7. The van der Waals surface area contributed by atoms with Crippen LogP contribution in [0.15, 0.2) is 0 Å². The third kappa shape index (κ3) is 2.88. The Balaban J connectivity index is 2.05. The SMILES string of the molecule is CN(C(=O)N1CCCCC1CO)C1COCC1C(=O)O. The van der Waals surface area contributed by atoms with Crippen LogP contribution in [-0.4, -0.2) is 77.5 Å². The molecular weight excluding hydrogens is 264 g/mol. The van der Waals surface area contributed by atoms with Gasteiger partial charge in [0.25, 0.3) is 0 Å². The molecule has 0 bridgehead atoms. The third-order valence-corrected chi connectivity index (χ3v) is 4.25. The molecular formula is C13H22N2O5. The summed E-state index contributed by atoms with van der Waals surface area (Å²) in [5, 5.41) is 18.5. The van der Waals surface area contributed by atoms with Crippen molar-refractivity contribution < 1.29 is 24.5 Å². The lowest BCUT2D eigenvalue weighted by atomic mass is 10.0. The van der Waals surface area contributed by atoms with Gasteiger partial charge in [-0.2, -0.15) is 0 Å². The molecule has 2 amide bonds. The number of rotatable bonds is 3. The monoisotopic (exact) mass is 286 g/mol. The number of carbonyl (C=O) groups excluding carboxylic acids is 1. The van der Waals surface area contributed by atoms with Gasteiger partial charge >= 0.3 is 12.0 Å². The van der Waals surface area contributed by atoms with Gasteiger partial charge in [-0.05, 0) is 19.3 Å². The zero-order valence-corrected chi connectivity index (χ0v) is 11.7. The van der Waals surface area contributed by atoms with Crippen molar-refractivity contribution in [3.05, 3.63) is 0 Å². The molecule has 2 saturated heterocycles. The maximum Gasteiger partial charge on any atom is 0.320 e. The summed E-state index contributed by atoms with van der Waals surface area (Å²) in [6.45, 7) is 0.945. The molecule has 0 aromatic rings. The lowest BCUT2D eigenvalue weighted by molar-refractivity contribution is -0.142. The van der Waals surface area contributed by atoms with E-state index in [2.05, 4.69) is 0 Å². The van der Waals surface area contributed by atoms with Crippen molar-refractivity contribution in [1.82, 2.24) is 9.80 Å². The van der Waals surface area contributed by atoms with Crippen molar-refractivity contribution in [2.75, 3.05) is 33.4 Å². The molecule has 2 N–H and O–H groups in total. The number of aliphatic carboxylic acids is 1. The highest BCUT2D eigenvalue weighted by Gasteiger charge is 2.40. The number of piperidine rings is 1. The number of nitrogens with zero attached hydrogens (tertiary/aromatic N) is 2. The van der Waals surface area contributed by atoms with Crippen molar-refractivity contribution in [2.45, 2.75) is 31.3 Å². The van der Waals surface area contributed by atoms with Crippen LogP contribution in [0.1, 0.15) is 19.3 Å². The zero-order valence-electron chi connectivity index (χ0n) is 11.7. The first-order valence-corrected chi connectivity index (χ1v) is 7.01. The summed E-state index contributed by atoms with van der Waals surface area (Å²) < 4.78 is 5.20. The number of hydrogen-bond acceptors (Lipinski definition) is 4. The van der Waals surface area contributed by atoms with Gasteiger partial charge in [0, 0.05) is 13.6 Å². The number of carboxylic acids is 1. The third-order valence-electron chi connectivity index (χ3n) is 4.25. The van der Waals surface area contributed by atoms with E-state index in [1.165, 1.54) is 4.90 Å². The minimum atomic E-state index is -0.940. The van der Waals surface area contributed by atoms with Gasteiger partial charge < -0.3 is 24.7 Å². The fourth-order valence-electron chi connectivity index (χ4n) is 2.95. The Morgan fingerprint density at radius 1 is 1.35 bits per heavy atom. The van der Waals surface area contributed by atoms with E-state index < -0.39 is 17.9 Å². The number of ether oxygens (including phenoxy) is 1. The number of amides is 2. The summed E-state index contributed by atoms with van der Waals surface area (Å²) in [5.74, 6) is -1.62. The highest BCUT2D eigenvalue weighted by atomic mass is 16.5. The highest BCUT2D eigenvalue weighted by molar-refractivity contribution is 5.77. The highest BCUT2D eigenvalue weighted by Crippen LogP contribution is 2.23. The number of hydrogen-bond donors (Lipinski definition) is 2. The first-order chi connectivity index (χ1) is 9.56. The lowest BCUT2D eigenvalue weighted by Crippen LogP contribution is -2.54. The molecule has 0 aliphatic carbocycles. The van der Waals surface area contributed by atoms with Gasteiger partial charge in [-0.3, -0.25) is 4.79 Å². The number of aliphatic hydroxyl groups excluding tert-OH is 1. The van der Waals surface area contributed by atoms with Crippen LogP contribution >= 0.6 is 0 Å². The van der Waals surface area contributed by atoms with Crippen molar-refractivity contribution >= 4 is 12.0 Å². The lowest BCUT2D eigenvalue weighted by Gasteiger charge is -2.39. The van der Waals surface area contributed by atoms with E-state index in [1.807, 2.05) is 0 Å². The molecule has 2 rings (SSSR count). The topological polar surface area (TPSA) is 90.3 Å². The van der Waals surface area contributed by atoms with Crippen LogP contribution in [0, 0.1) is 5.92 Å². The average molecular weight is 286 g/mol. The molecule has 2 fully saturated rings. The minimum absolute atomic E-state index is 0.0525. The van der Waals surface area contributed by atoms with Gasteiger partial charge in [-0.15, -0.1) is 0 Å². The molecule has 7 nitrogen and oxygen atoms in total. The molecule has 0 radical (unpaired) electrons. The first kappa shape index (κ1) is 15.1. The molecule has 3 atom stereocenters. The van der Waals surface area contributed by atoms with Crippen LogP contribution in [0.4, 0.5) is 4.79 Å². The Kier molecular flexibility index (Phi) is 4.82. The standard InChI is InChI=1S/C13H22N2O5/c1-14(11-8-20-7-10(11)12(17)18)13(19)15-5-3-2-4-9(15)6-16/h9-11,16H,2-8H2,1H3,(H,17,18). The minimum Gasteiger partial charge on any atom is -0.481 e. The van der Waals surface area contributed by atoms with Crippen molar-refractivity contribution in [3.8, 4) is 0 Å². The summed E-state index contributed by atoms with van der Waals surface area (Å²) >= 11 is 0. The largest absolute Gasteiger partial charge is 0.481 e. The van der Waals surface area contributed by atoms with Crippen LogP contribution < -0.4 is 0 Å². The smallest absolute Gasteiger partial charge is 0.320 e. The van der Waals surface area contributed by atoms with Crippen LogP contribution in [0.25, 0.3) is 0 Å². The van der Waals surface area contributed by atoms with Gasteiger partial charge in [0.15, 0.2) is 0 Å². The molecule has 0 aromatic heterocycles. The fourth-order valence-corrected chi connectivity index (χ4v) is 2.95. The molecule has 0 aromatic carbocycles. The Hall–Kier alpha value is -1.34. The number of aliphatic hydroxyl groups is 1. The maximum absolute atomic E-state index is 12.5. The summed E-state index contributed by atoms with van der Waals surface area (Å²) in [4.78, 5) is 26.8. The first-order valence-electron chi connectivity index (χ1n) is 7.01. The van der Waals surface area contributed by atoms with Crippen LogP contribution in [0.3, 0.4) is 0 Å². The predicted molar refractivity (Wildman–Crippen MR) is 70.3 cm³/mol. The molecule has 2 aliphatic heterocycles. The Morgan fingerprint density at radius 3 is 2.75 bits per heavy atom. The van der Waals surface area contributed by atoms with Gasteiger partial charge in [0.2, 0.25) is 0 Å². The van der Waals surface area contributed by atoms with E-state index in [9.17, 15) is 14.7 Å². The molecule has 0 spiro atoms.